The van der Waals surface area contributed by atoms with Crippen LogP contribution in [0.4, 0.5) is 13.2 Å². The molecule has 0 saturated carbocycles. The van der Waals surface area contributed by atoms with Gasteiger partial charge in [-0.25, -0.2) is 9.67 Å². The normalized spacial score (nSPS) is 13.3. The van der Waals surface area contributed by atoms with Crippen molar-refractivity contribution >= 4 is 11.6 Å². The molecule has 156 valence electrons. The molecule has 0 bridgehead atoms. The van der Waals surface area contributed by atoms with Crippen molar-refractivity contribution in [1.82, 2.24) is 14.8 Å². The summed E-state index contributed by atoms with van der Waals surface area (Å²) in [5.74, 6) is 5.81. The maximum Gasteiger partial charge on any atom is 0.416 e. The number of hydrogen-bond acceptors (Lipinski definition) is 4. The molecule has 5 nitrogen and oxygen atoms in total. The summed E-state index contributed by atoms with van der Waals surface area (Å²) in [5, 5.41) is 4.46. The second kappa shape index (κ2) is 8.78. The van der Waals surface area contributed by atoms with Gasteiger partial charge in [0.15, 0.2) is 5.60 Å². The van der Waals surface area contributed by atoms with Gasteiger partial charge in [0, 0.05) is 17.7 Å². The molecule has 30 heavy (non-hydrogen) atoms. The molecule has 1 unspecified atom stereocenters. The van der Waals surface area contributed by atoms with Gasteiger partial charge in [-0.15, -0.1) is 5.92 Å². The van der Waals surface area contributed by atoms with E-state index in [1.165, 1.54) is 43.5 Å². The van der Waals surface area contributed by atoms with Crippen molar-refractivity contribution in [3.63, 3.8) is 0 Å². The Labute approximate surface area is 176 Å². The highest BCUT2D eigenvalue weighted by Gasteiger charge is 2.42. The summed E-state index contributed by atoms with van der Waals surface area (Å²) >= 11 is 5.83. The molecule has 9 heteroatoms. The minimum atomic E-state index is -4.67. The second-order valence-electron chi connectivity index (χ2n) is 6.26. The van der Waals surface area contributed by atoms with Gasteiger partial charge in [-0.1, -0.05) is 23.6 Å². The fraction of sp³-hybridized carbons (Fsp3) is 0.238. The lowest BCUT2D eigenvalue weighted by atomic mass is 9.89. The molecule has 0 radical (unpaired) electrons. The SMILES string of the molecule is CC#CC(Cn1cncn1)(OC)c1ccc(Oc2ccc(Cl)cc2)cc1C(F)(F)F. The van der Waals surface area contributed by atoms with Crippen LogP contribution < -0.4 is 4.74 Å². The van der Waals surface area contributed by atoms with Crippen molar-refractivity contribution in [2.45, 2.75) is 25.2 Å². The number of nitrogens with zero attached hydrogens (tertiary/aromatic N) is 3. The lowest BCUT2D eigenvalue weighted by molar-refractivity contribution is -0.140. The minimum Gasteiger partial charge on any atom is -0.457 e. The Hall–Kier alpha value is -3.02. The fourth-order valence-electron chi connectivity index (χ4n) is 2.97. The van der Waals surface area contributed by atoms with E-state index in [2.05, 4.69) is 21.9 Å². The number of hydrogen-bond donors (Lipinski definition) is 0. The van der Waals surface area contributed by atoms with Crippen molar-refractivity contribution in [3.8, 4) is 23.3 Å². The van der Waals surface area contributed by atoms with E-state index in [1.807, 2.05) is 0 Å². The molecule has 2 aromatic carbocycles. The number of benzene rings is 2. The summed E-state index contributed by atoms with van der Waals surface area (Å²) in [7, 11) is 1.31. The summed E-state index contributed by atoms with van der Waals surface area (Å²) in [6.45, 7) is 1.45. The predicted octanol–water partition coefficient (Wildman–Crippen LogP) is 5.31. The molecule has 1 heterocycles. The van der Waals surface area contributed by atoms with Crippen LogP contribution in [-0.4, -0.2) is 21.9 Å². The molecule has 0 aliphatic rings. The van der Waals surface area contributed by atoms with E-state index in [4.69, 9.17) is 21.1 Å². The topological polar surface area (TPSA) is 49.2 Å². The maximum absolute atomic E-state index is 14.0. The van der Waals surface area contributed by atoms with Crippen molar-refractivity contribution in [1.29, 1.82) is 0 Å². The molecular weight excluding hydrogens is 419 g/mol. The third kappa shape index (κ3) is 4.75. The van der Waals surface area contributed by atoms with Crippen molar-refractivity contribution in [3.05, 3.63) is 71.3 Å². The van der Waals surface area contributed by atoms with Crippen molar-refractivity contribution < 1.29 is 22.6 Å². The largest absolute Gasteiger partial charge is 0.457 e. The molecule has 0 fully saturated rings. The highest BCUT2D eigenvalue weighted by Crippen LogP contribution is 2.41. The van der Waals surface area contributed by atoms with Gasteiger partial charge < -0.3 is 9.47 Å². The molecular formula is C21H17ClF3N3O2. The van der Waals surface area contributed by atoms with Crippen LogP contribution in [0.15, 0.2) is 55.1 Å². The highest BCUT2D eigenvalue weighted by atomic mass is 35.5. The Morgan fingerprint density at radius 3 is 2.33 bits per heavy atom. The first-order valence-corrected chi connectivity index (χ1v) is 9.12. The van der Waals surface area contributed by atoms with E-state index in [9.17, 15) is 13.2 Å². The van der Waals surface area contributed by atoms with Gasteiger partial charge in [0.05, 0.1) is 12.1 Å². The van der Waals surface area contributed by atoms with Crippen LogP contribution in [0.3, 0.4) is 0 Å². The van der Waals surface area contributed by atoms with Crippen molar-refractivity contribution in [2.75, 3.05) is 7.11 Å². The van der Waals surface area contributed by atoms with Crippen LogP contribution in [-0.2, 0) is 23.1 Å². The standard InChI is InChI=1S/C21H17ClF3N3O2/c1-3-10-20(29-2,12-28-14-26-13-27-28)18-9-8-17(11-19(18)21(23,24)25)30-16-6-4-15(22)5-7-16/h4-9,11,13-14H,12H2,1-2H3. The summed E-state index contributed by atoms with van der Waals surface area (Å²) in [6.07, 6.45) is -2.00. The molecule has 3 aromatic rings. The van der Waals surface area contributed by atoms with Crippen molar-refractivity contribution in [2.24, 2.45) is 0 Å². The lowest BCUT2D eigenvalue weighted by Gasteiger charge is -2.30. The first-order chi connectivity index (χ1) is 14.3. The summed E-state index contributed by atoms with van der Waals surface area (Å²) in [5.41, 5.74) is -2.66. The Balaban J connectivity index is 2.09. The zero-order valence-corrected chi connectivity index (χ0v) is 16.8. The van der Waals surface area contributed by atoms with Gasteiger partial charge in [0.2, 0.25) is 0 Å². The van der Waals surface area contributed by atoms with Crippen LogP contribution in [0.2, 0.25) is 5.02 Å². The zero-order valence-electron chi connectivity index (χ0n) is 16.1. The van der Waals surface area contributed by atoms with E-state index >= 15 is 0 Å². The summed E-state index contributed by atoms with van der Waals surface area (Å²) in [4.78, 5) is 3.83. The van der Waals surface area contributed by atoms with Gasteiger partial charge in [0.25, 0.3) is 0 Å². The second-order valence-corrected chi connectivity index (χ2v) is 6.70. The Morgan fingerprint density at radius 2 is 1.77 bits per heavy atom. The number of ether oxygens (including phenoxy) is 2. The molecule has 1 atom stereocenters. The molecule has 0 N–H and O–H groups in total. The predicted molar refractivity (Wildman–Crippen MR) is 105 cm³/mol. The van der Waals surface area contributed by atoms with Crippen LogP contribution in [0.5, 0.6) is 11.5 Å². The molecule has 0 aliphatic carbocycles. The Kier molecular flexibility index (Phi) is 6.34. The fourth-order valence-corrected chi connectivity index (χ4v) is 3.10. The maximum atomic E-state index is 14.0. The van der Waals surface area contributed by atoms with Gasteiger partial charge in [0.1, 0.15) is 24.2 Å². The smallest absolute Gasteiger partial charge is 0.416 e. The third-order valence-corrected chi connectivity index (χ3v) is 4.56. The van der Waals surface area contributed by atoms with Crippen LogP contribution in [0.1, 0.15) is 18.1 Å². The number of aromatic nitrogens is 3. The number of methoxy groups -OCH3 is 1. The van der Waals surface area contributed by atoms with Gasteiger partial charge in [-0.05, 0) is 43.3 Å². The third-order valence-electron chi connectivity index (χ3n) is 4.31. The number of halogens is 4. The Bertz CT molecular complexity index is 1060. The van der Waals surface area contributed by atoms with Crippen LogP contribution >= 0.6 is 11.6 Å². The minimum absolute atomic E-state index is 0.0172. The molecule has 1 aromatic heterocycles. The molecule has 0 amide bonds. The van der Waals surface area contributed by atoms with Gasteiger partial charge in [-0.3, -0.25) is 0 Å². The van der Waals surface area contributed by atoms with Crippen LogP contribution in [0.25, 0.3) is 0 Å². The summed E-state index contributed by atoms with van der Waals surface area (Å²) in [6, 6.07) is 9.97. The van der Waals surface area contributed by atoms with Gasteiger partial charge >= 0.3 is 6.18 Å². The molecule has 0 saturated heterocycles. The Morgan fingerprint density at radius 1 is 1.07 bits per heavy atom. The number of alkyl halides is 3. The zero-order chi connectivity index (χ0) is 21.8. The number of rotatable bonds is 6. The first kappa shape index (κ1) is 21.7. The van der Waals surface area contributed by atoms with E-state index in [0.29, 0.717) is 10.8 Å². The van der Waals surface area contributed by atoms with E-state index < -0.39 is 17.3 Å². The van der Waals surface area contributed by atoms with E-state index in [1.54, 1.807) is 24.3 Å². The molecule has 0 aliphatic heterocycles. The molecule has 0 spiro atoms. The highest BCUT2D eigenvalue weighted by molar-refractivity contribution is 6.30. The molecule has 3 rings (SSSR count). The van der Waals surface area contributed by atoms with Crippen LogP contribution in [0, 0.1) is 11.8 Å². The monoisotopic (exact) mass is 435 g/mol. The van der Waals surface area contributed by atoms with E-state index in [-0.39, 0.29) is 17.9 Å². The van der Waals surface area contributed by atoms with Gasteiger partial charge in [-0.2, -0.15) is 18.3 Å². The average molecular weight is 436 g/mol. The quantitative estimate of drug-likeness (QED) is 0.492. The average Bonchev–Trinajstić information content (AvgIpc) is 3.21. The first-order valence-electron chi connectivity index (χ1n) is 8.74. The summed E-state index contributed by atoms with van der Waals surface area (Å²) < 4.78 is 54.5. The van der Waals surface area contributed by atoms with E-state index in [0.717, 1.165) is 6.07 Å². The lowest BCUT2D eigenvalue weighted by Crippen LogP contribution is -2.35.